The van der Waals surface area contributed by atoms with Gasteiger partial charge in [0.2, 0.25) is 0 Å². The first kappa shape index (κ1) is 37.7. The molecule has 308 valence electrons. The molecule has 0 saturated carbocycles. The topological polar surface area (TPSA) is 73.2 Å². The molecule has 0 fully saturated rings. The molecule has 5 heteroatoms. The minimum atomic E-state index is -0.144. The van der Waals surface area contributed by atoms with Gasteiger partial charge in [-0.15, -0.1) is 0 Å². The molecular weight excluding hydrogens is 811 g/mol. The van der Waals surface area contributed by atoms with Gasteiger partial charge in [0.15, 0.2) is 23.1 Å². The lowest BCUT2D eigenvalue weighted by Crippen LogP contribution is -2.21. The molecule has 1 aromatic heterocycles. The lowest BCUT2D eigenvalue weighted by Gasteiger charge is -2.21. The molecule has 11 aromatic rings. The van der Waals surface area contributed by atoms with E-state index in [-0.39, 0.29) is 23.1 Å². The molecule has 1 heterocycles. The highest BCUT2D eigenvalue weighted by Gasteiger charge is 2.34. The molecule has 2 aliphatic rings. The number of hydrogen-bond acceptors (Lipinski definition) is 4. The average Bonchev–Trinajstić information content (AvgIpc) is 3.65. The van der Waals surface area contributed by atoms with E-state index in [1.807, 2.05) is 48.5 Å². The standard InChI is InChI=1S/C61H35NO4/c1-62-52-30-28-36(38-20-6-12-34-14-8-22-40(54(34)38)42-24-10-26-48-56(42)60(65)46-18-4-2-16-44(46)58(48)63)32-50(52)51-33-37(29-31-53(51)62)39-21-7-13-35-15-9-23-41(55(35)39)43-25-11-27-49-57(43)61(66)47-19-5-3-17-45(47)59(49)64/h2-33H,1H3. The summed E-state index contributed by atoms with van der Waals surface area (Å²) in [6.45, 7) is 0. The van der Waals surface area contributed by atoms with E-state index in [9.17, 15) is 19.2 Å². The maximum atomic E-state index is 14.2. The number of carbonyl (C=O) groups is 4. The van der Waals surface area contributed by atoms with Crippen LogP contribution in [0.2, 0.25) is 0 Å². The van der Waals surface area contributed by atoms with Crippen molar-refractivity contribution < 1.29 is 19.2 Å². The SMILES string of the molecule is Cn1c2ccc(-c3cccc4cccc(-c5cccc6c5C(=O)c5ccccc5C6=O)c34)cc2c2cc(-c3cccc4cccc(-c5cccc6c5C(=O)c5ccccc5C6=O)c34)ccc21. The zero-order valence-corrected chi connectivity index (χ0v) is 35.6. The van der Waals surface area contributed by atoms with E-state index in [2.05, 4.69) is 109 Å². The van der Waals surface area contributed by atoms with Crippen molar-refractivity contribution in [3.05, 3.63) is 239 Å². The Labute approximate surface area is 378 Å². The first-order valence-electron chi connectivity index (χ1n) is 22.1. The van der Waals surface area contributed by atoms with Gasteiger partial charge in [0.05, 0.1) is 0 Å². The smallest absolute Gasteiger partial charge is 0.195 e. The van der Waals surface area contributed by atoms with E-state index in [0.717, 1.165) is 87.9 Å². The summed E-state index contributed by atoms with van der Waals surface area (Å²) < 4.78 is 2.23. The Hall–Kier alpha value is -8.80. The van der Waals surface area contributed by atoms with E-state index < -0.39 is 0 Å². The maximum absolute atomic E-state index is 14.2. The second kappa shape index (κ2) is 14.1. The Morgan fingerprint density at radius 2 is 0.606 bits per heavy atom. The highest BCUT2D eigenvalue weighted by atomic mass is 16.1. The molecule has 0 radical (unpaired) electrons. The predicted molar refractivity (Wildman–Crippen MR) is 264 cm³/mol. The predicted octanol–water partition coefficient (Wildman–Crippen LogP) is 13.9. The lowest BCUT2D eigenvalue weighted by atomic mass is 9.79. The van der Waals surface area contributed by atoms with Crippen molar-refractivity contribution in [3.63, 3.8) is 0 Å². The first-order chi connectivity index (χ1) is 32.4. The van der Waals surface area contributed by atoms with Gasteiger partial charge < -0.3 is 4.57 Å². The number of nitrogens with zero attached hydrogens (tertiary/aromatic N) is 1. The summed E-state index contributed by atoms with van der Waals surface area (Å²) in [6, 6.07) is 63.5. The first-order valence-corrected chi connectivity index (χ1v) is 22.1. The third-order valence-electron chi connectivity index (χ3n) is 13.9. The van der Waals surface area contributed by atoms with E-state index >= 15 is 0 Å². The van der Waals surface area contributed by atoms with Gasteiger partial charge in [-0.25, -0.2) is 0 Å². The highest BCUT2D eigenvalue weighted by molar-refractivity contribution is 6.32. The normalized spacial score (nSPS) is 13.0. The zero-order valence-electron chi connectivity index (χ0n) is 35.6. The zero-order chi connectivity index (χ0) is 44.4. The molecule has 0 saturated heterocycles. The highest BCUT2D eigenvalue weighted by Crippen LogP contribution is 2.45. The van der Waals surface area contributed by atoms with Crippen LogP contribution in [0, 0.1) is 0 Å². The van der Waals surface area contributed by atoms with Crippen LogP contribution in [0.4, 0.5) is 0 Å². The van der Waals surface area contributed by atoms with Crippen LogP contribution in [-0.4, -0.2) is 27.7 Å². The van der Waals surface area contributed by atoms with Gasteiger partial charge in [0, 0.05) is 73.4 Å². The molecule has 0 N–H and O–H groups in total. The van der Waals surface area contributed by atoms with Crippen molar-refractivity contribution in [1.82, 2.24) is 4.57 Å². The number of hydrogen-bond donors (Lipinski definition) is 0. The molecule has 0 atom stereocenters. The Balaban J connectivity index is 0.982. The van der Waals surface area contributed by atoms with Crippen molar-refractivity contribution in [1.29, 1.82) is 0 Å². The molecule has 66 heavy (non-hydrogen) atoms. The van der Waals surface area contributed by atoms with Crippen molar-refractivity contribution in [2.45, 2.75) is 0 Å². The molecule has 0 unspecified atom stereocenters. The fourth-order valence-electron chi connectivity index (χ4n) is 10.9. The quantitative estimate of drug-likeness (QED) is 0.177. The molecule has 0 aliphatic heterocycles. The number of fused-ring (bicyclic) bond motifs is 9. The van der Waals surface area contributed by atoms with Crippen LogP contribution in [-0.2, 0) is 7.05 Å². The Morgan fingerprint density at radius 1 is 0.288 bits per heavy atom. The van der Waals surface area contributed by atoms with Gasteiger partial charge >= 0.3 is 0 Å². The third-order valence-corrected chi connectivity index (χ3v) is 13.9. The van der Waals surface area contributed by atoms with Crippen LogP contribution in [0.1, 0.15) is 63.7 Å². The summed E-state index contributed by atoms with van der Waals surface area (Å²) >= 11 is 0. The summed E-state index contributed by atoms with van der Waals surface area (Å²) in [5.74, 6) is -0.567. The van der Waals surface area contributed by atoms with Gasteiger partial charge in [-0.3, -0.25) is 19.2 Å². The van der Waals surface area contributed by atoms with Gasteiger partial charge in [0.1, 0.15) is 0 Å². The van der Waals surface area contributed by atoms with Crippen LogP contribution < -0.4 is 0 Å². The van der Waals surface area contributed by atoms with Crippen molar-refractivity contribution >= 4 is 66.5 Å². The van der Waals surface area contributed by atoms with E-state index in [1.165, 1.54) is 0 Å². The minimum absolute atomic E-state index is 0.139. The molecule has 13 rings (SSSR count). The van der Waals surface area contributed by atoms with Crippen LogP contribution in [0.5, 0.6) is 0 Å². The number of carbonyl (C=O) groups excluding carboxylic acids is 4. The molecule has 0 amide bonds. The minimum Gasteiger partial charge on any atom is -0.344 e. The third kappa shape index (κ3) is 5.28. The van der Waals surface area contributed by atoms with Crippen LogP contribution in [0.3, 0.4) is 0 Å². The second-order valence-electron chi connectivity index (χ2n) is 17.3. The monoisotopic (exact) mass is 845 g/mol. The average molecular weight is 846 g/mol. The maximum Gasteiger partial charge on any atom is 0.195 e. The van der Waals surface area contributed by atoms with Crippen LogP contribution >= 0.6 is 0 Å². The fourth-order valence-corrected chi connectivity index (χ4v) is 10.9. The van der Waals surface area contributed by atoms with Gasteiger partial charge in [-0.2, -0.15) is 0 Å². The second-order valence-corrected chi connectivity index (χ2v) is 17.3. The Bertz CT molecular complexity index is 3770. The van der Waals surface area contributed by atoms with Gasteiger partial charge in [0.25, 0.3) is 0 Å². The number of aryl methyl sites for hydroxylation is 1. The number of aromatic nitrogens is 1. The summed E-state index contributed by atoms with van der Waals surface area (Å²) in [5, 5.41) is 6.25. The molecule has 0 bridgehead atoms. The van der Waals surface area contributed by atoms with Crippen molar-refractivity contribution in [3.8, 4) is 44.5 Å². The van der Waals surface area contributed by atoms with Crippen molar-refractivity contribution in [2.24, 2.45) is 7.05 Å². The van der Waals surface area contributed by atoms with E-state index in [0.29, 0.717) is 44.5 Å². The molecule has 10 aromatic carbocycles. The molecular formula is C61H35NO4. The van der Waals surface area contributed by atoms with Gasteiger partial charge in [-0.1, -0.05) is 170 Å². The van der Waals surface area contributed by atoms with Crippen molar-refractivity contribution in [2.75, 3.05) is 0 Å². The van der Waals surface area contributed by atoms with Gasteiger partial charge in [-0.05, 0) is 90.3 Å². The summed E-state index contributed by atoms with van der Waals surface area (Å²) in [4.78, 5) is 56.1. The number of ketones is 4. The molecule has 2 aliphatic carbocycles. The van der Waals surface area contributed by atoms with Crippen LogP contribution in [0.25, 0.3) is 87.9 Å². The number of benzene rings is 10. The Morgan fingerprint density at radius 3 is 1.02 bits per heavy atom. The van der Waals surface area contributed by atoms with Crippen LogP contribution in [0.15, 0.2) is 194 Å². The van der Waals surface area contributed by atoms with E-state index in [1.54, 1.807) is 48.5 Å². The molecule has 0 spiro atoms. The Kier molecular flexibility index (Phi) is 8.06. The summed E-state index contributed by atoms with van der Waals surface area (Å²) in [6.07, 6.45) is 0. The molecule has 5 nitrogen and oxygen atoms in total. The summed E-state index contributed by atoms with van der Waals surface area (Å²) in [7, 11) is 2.10. The number of rotatable bonds is 4. The summed E-state index contributed by atoms with van der Waals surface area (Å²) in [5.41, 5.74) is 13.0. The fraction of sp³-hybridized carbons (Fsp3) is 0.0164. The van der Waals surface area contributed by atoms with E-state index in [4.69, 9.17) is 0 Å². The lowest BCUT2D eigenvalue weighted by molar-refractivity contribution is 0.0979. The largest absolute Gasteiger partial charge is 0.344 e.